The molecule has 0 fully saturated rings. The fraction of sp³-hybridized carbons (Fsp3) is 0.667. The third-order valence-electron chi connectivity index (χ3n) is 1.68. The van der Waals surface area contributed by atoms with Crippen molar-refractivity contribution in [2.24, 2.45) is 9.98 Å². The Labute approximate surface area is 62.4 Å². The van der Waals surface area contributed by atoms with Crippen LogP contribution in [-0.2, 0) is 0 Å². The maximum atomic E-state index is 12.6. The number of hydrogen-bond acceptors (Lipinski definition) is 3. The smallest absolute Gasteiger partial charge is 0.284 e. The van der Waals surface area contributed by atoms with Crippen LogP contribution >= 0.6 is 0 Å². The molecule has 0 aromatic heterocycles. The Morgan fingerprint density at radius 2 is 2.36 bits per heavy atom. The van der Waals surface area contributed by atoms with Gasteiger partial charge in [0, 0.05) is 0 Å². The van der Waals surface area contributed by atoms with E-state index in [1.807, 2.05) is 0 Å². The third kappa shape index (κ3) is 1.10. The molecule has 2 heterocycles. The highest BCUT2D eigenvalue weighted by molar-refractivity contribution is 5.98. The molecule has 0 atom stereocenters. The van der Waals surface area contributed by atoms with Crippen molar-refractivity contribution in [1.82, 2.24) is 4.90 Å². The zero-order valence-corrected chi connectivity index (χ0v) is 5.80. The van der Waals surface area contributed by atoms with E-state index >= 15 is 0 Å². The Morgan fingerprint density at radius 1 is 1.55 bits per heavy atom. The summed E-state index contributed by atoms with van der Waals surface area (Å²) >= 11 is 0. The number of hydrogen-bond donors (Lipinski definition) is 0. The van der Waals surface area contributed by atoms with Gasteiger partial charge in [0.25, 0.3) is 5.92 Å². The Hall–Kier alpha value is -1.00. The number of fused-ring (bicyclic) bond motifs is 1. The van der Waals surface area contributed by atoms with Crippen molar-refractivity contribution in [2.75, 3.05) is 19.6 Å². The van der Waals surface area contributed by atoms with Gasteiger partial charge in [0.1, 0.15) is 12.4 Å². The third-order valence-corrected chi connectivity index (χ3v) is 1.68. The minimum atomic E-state index is -2.68. The number of amidine groups is 1. The number of halogens is 2. The topological polar surface area (TPSA) is 28.0 Å². The molecule has 0 saturated carbocycles. The van der Waals surface area contributed by atoms with Crippen LogP contribution in [0.15, 0.2) is 9.98 Å². The van der Waals surface area contributed by atoms with E-state index in [1.165, 1.54) is 11.2 Å². The van der Waals surface area contributed by atoms with E-state index in [9.17, 15) is 8.78 Å². The van der Waals surface area contributed by atoms with Crippen LogP contribution in [0.25, 0.3) is 0 Å². The van der Waals surface area contributed by atoms with Crippen molar-refractivity contribution in [2.45, 2.75) is 5.92 Å². The summed E-state index contributed by atoms with van der Waals surface area (Å²) < 4.78 is 25.3. The maximum Gasteiger partial charge on any atom is 0.284 e. The molecular formula is C6H7F2N3. The first-order valence-electron chi connectivity index (χ1n) is 3.35. The van der Waals surface area contributed by atoms with Gasteiger partial charge in [-0.2, -0.15) is 0 Å². The van der Waals surface area contributed by atoms with Crippen molar-refractivity contribution >= 4 is 12.2 Å². The lowest BCUT2D eigenvalue weighted by Gasteiger charge is -2.26. The van der Waals surface area contributed by atoms with Crippen molar-refractivity contribution < 1.29 is 8.78 Å². The Kier molecular flexibility index (Phi) is 1.21. The molecule has 2 aliphatic heterocycles. The van der Waals surface area contributed by atoms with Crippen molar-refractivity contribution in [3.05, 3.63) is 0 Å². The first-order chi connectivity index (χ1) is 5.17. The second kappa shape index (κ2) is 1.99. The summed E-state index contributed by atoms with van der Waals surface area (Å²) in [6.07, 6.45) is 1.42. The monoisotopic (exact) mass is 159 g/mol. The molecule has 0 aliphatic carbocycles. The molecule has 2 rings (SSSR count). The molecule has 2 aliphatic rings. The number of rotatable bonds is 0. The fourth-order valence-electron chi connectivity index (χ4n) is 1.16. The second-order valence-electron chi connectivity index (χ2n) is 2.67. The van der Waals surface area contributed by atoms with Crippen LogP contribution in [0.3, 0.4) is 0 Å². The number of aliphatic imine (C=N–C) groups is 2. The molecule has 0 spiro atoms. The highest BCUT2D eigenvalue weighted by atomic mass is 19.3. The molecule has 60 valence electrons. The van der Waals surface area contributed by atoms with Gasteiger partial charge in [-0.25, -0.2) is 8.78 Å². The van der Waals surface area contributed by atoms with Crippen LogP contribution in [0.1, 0.15) is 0 Å². The summed E-state index contributed by atoms with van der Waals surface area (Å²) in [5.41, 5.74) is 0. The highest BCUT2D eigenvalue weighted by Crippen LogP contribution is 2.21. The van der Waals surface area contributed by atoms with Gasteiger partial charge in [0.2, 0.25) is 0 Å². The predicted molar refractivity (Wildman–Crippen MR) is 37.3 cm³/mol. The lowest BCUT2D eigenvalue weighted by atomic mass is 10.2. The molecule has 0 aromatic rings. The predicted octanol–water partition coefficient (Wildman–Crippen LogP) is 0.378. The van der Waals surface area contributed by atoms with E-state index in [2.05, 4.69) is 9.98 Å². The van der Waals surface area contributed by atoms with Gasteiger partial charge >= 0.3 is 0 Å². The summed E-state index contributed by atoms with van der Waals surface area (Å²) in [6, 6.07) is 0. The summed E-state index contributed by atoms with van der Waals surface area (Å²) in [6.45, 7) is -0.201. The van der Waals surface area contributed by atoms with E-state index in [1.54, 1.807) is 0 Å². The van der Waals surface area contributed by atoms with Crippen molar-refractivity contribution in [3.63, 3.8) is 0 Å². The largest absolute Gasteiger partial charge is 0.314 e. The quantitative estimate of drug-likeness (QED) is 0.502. The number of alkyl halides is 2. The minimum absolute atomic E-state index is 0.269. The fourth-order valence-corrected chi connectivity index (χ4v) is 1.16. The summed E-state index contributed by atoms with van der Waals surface area (Å²) in [5, 5.41) is 0. The molecule has 3 nitrogen and oxygen atoms in total. The van der Waals surface area contributed by atoms with E-state index in [-0.39, 0.29) is 13.1 Å². The molecule has 0 radical (unpaired) electrons. The zero-order chi connectivity index (χ0) is 7.90. The molecule has 0 aromatic carbocycles. The van der Waals surface area contributed by atoms with Gasteiger partial charge in [-0.3, -0.25) is 9.98 Å². The maximum absolute atomic E-state index is 12.6. The van der Waals surface area contributed by atoms with Crippen LogP contribution < -0.4 is 0 Å². The van der Waals surface area contributed by atoms with Crippen LogP contribution in [0.4, 0.5) is 8.78 Å². The normalized spacial score (nSPS) is 26.7. The van der Waals surface area contributed by atoms with Crippen LogP contribution in [-0.4, -0.2) is 42.6 Å². The SMILES string of the molecule is FC1(F)CN=C2CN=CN2C1. The Bertz CT molecular complexity index is 234. The zero-order valence-electron chi connectivity index (χ0n) is 5.80. The van der Waals surface area contributed by atoms with Crippen LogP contribution in [0, 0.1) is 0 Å². The lowest BCUT2D eigenvalue weighted by molar-refractivity contribution is -0.00291. The Morgan fingerprint density at radius 3 is 3.18 bits per heavy atom. The molecule has 0 unspecified atom stereocenters. The summed E-state index contributed by atoms with van der Waals surface area (Å²) in [7, 11) is 0. The van der Waals surface area contributed by atoms with Gasteiger partial charge < -0.3 is 4.90 Å². The first kappa shape index (κ1) is 6.69. The molecule has 0 amide bonds. The van der Waals surface area contributed by atoms with Crippen LogP contribution in [0.5, 0.6) is 0 Å². The van der Waals surface area contributed by atoms with Gasteiger partial charge in [-0.05, 0) is 0 Å². The Balaban J connectivity index is 2.22. The molecular weight excluding hydrogens is 152 g/mol. The van der Waals surface area contributed by atoms with Gasteiger partial charge in [-0.1, -0.05) is 0 Å². The molecule has 11 heavy (non-hydrogen) atoms. The van der Waals surface area contributed by atoms with Crippen LogP contribution in [0.2, 0.25) is 0 Å². The van der Waals surface area contributed by atoms with E-state index in [4.69, 9.17) is 0 Å². The number of nitrogens with zero attached hydrogens (tertiary/aromatic N) is 3. The molecule has 0 bridgehead atoms. The molecule has 0 saturated heterocycles. The van der Waals surface area contributed by atoms with Gasteiger partial charge in [0.05, 0.1) is 19.4 Å². The summed E-state index contributed by atoms with van der Waals surface area (Å²) in [4.78, 5) is 8.95. The van der Waals surface area contributed by atoms with Gasteiger partial charge in [0.15, 0.2) is 0 Å². The summed E-state index contributed by atoms with van der Waals surface area (Å²) in [5.74, 6) is -2.02. The van der Waals surface area contributed by atoms with E-state index < -0.39 is 5.92 Å². The average molecular weight is 159 g/mol. The molecule has 0 N–H and O–H groups in total. The second-order valence-corrected chi connectivity index (χ2v) is 2.67. The van der Waals surface area contributed by atoms with Crippen molar-refractivity contribution in [3.8, 4) is 0 Å². The highest BCUT2D eigenvalue weighted by Gasteiger charge is 2.37. The average Bonchev–Trinajstić information content (AvgIpc) is 2.31. The standard InChI is InChI=1S/C6H7F2N3/c7-6(8)2-10-5-1-9-4-11(5)3-6/h4H,1-3H2. The minimum Gasteiger partial charge on any atom is -0.314 e. The van der Waals surface area contributed by atoms with Gasteiger partial charge in [-0.15, -0.1) is 0 Å². The van der Waals surface area contributed by atoms with E-state index in [0.29, 0.717) is 12.4 Å². The molecule has 5 heteroatoms. The van der Waals surface area contributed by atoms with Crippen molar-refractivity contribution in [1.29, 1.82) is 0 Å². The van der Waals surface area contributed by atoms with E-state index in [0.717, 1.165) is 0 Å². The first-order valence-corrected chi connectivity index (χ1v) is 3.35. The lowest BCUT2D eigenvalue weighted by Crippen LogP contribution is -2.44.